The molecule has 1 unspecified atom stereocenters. The predicted molar refractivity (Wildman–Crippen MR) is 112 cm³/mol. The molecule has 1 aliphatic heterocycles. The van der Waals surface area contributed by atoms with E-state index in [4.69, 9.17) is 9.47 Å². The third kappa shape index (κ3) is 5.50. The topological polar surface area (TPSA) is 67.9 Å². The molecule has 0 bridgehead atoms. The van der Waals surface area contributed by atoms with Crippen LogP contribution in [0.1, 0.15) is 25.8 Å². The summed E-state index contributed by atoms with van der Waals surface area (Å²) >= 11 is 0. The zero-order valence-corrected chi connectivity index (χ0v) is 17.2. The van der Waals surface area contributed by atoms with Crippen molar-refractivity contribution in [1.82, 2.24) is 4.90 Å². The summed E-state index contributed by atoms with van der Waals surface area (Å²) in [5, 5.41) is 2.93. The van der Waals surface area contributed by atoms with Gasteiger partial charge in [0.05, 0.1) is 24.8 Å². The minimum Gasteiger partial charge on any atom is -0.497 e. The second-order valence-electron chi connectivity index (χ2n) is 7.49. The van der Waals surface area contributed by atoms with E-state index in [0.717, 1.165) is 17.7 Å². The van der Waals surface area contributed by atoms with Gasteiger partial charge in [-0.15, -0.1) is 0 Å². The van der Waals surface area contributed by atoms with E-state index in [1.165, 1.54) is 0 Å². The smallest absolute Gasteiger partial charge is 0.229 e. The summed E-state index contributed by atoms with van der Waals surface area (Å²) in [4.78, 5) is 26.9. The summed E-state index contributed by atoms with van der Waals surface area (Å²) in [6.45, 7) is 4.92. The standard InChI is InChI=1S/C23H28N2O4/c1-16(2)29-21-7-5-4-6-20(21)24-23(27)18-14-22(26)25(15-18)13-12-17-8-10-19(28-3)11-9-17/h4-11,16,18H,12-15H2,1-3H3,(H,24,27). The average molecular weight is 396 g/mol. The minimum absolute atomic E-state index is 0.00885. The molecule has 2 amide bonds. The Morgan fingerprint density at radius 2 is 1.90 bits per heavy atom. The lowest BCUT2D eigenvalue weighted by Gasteiger charge is -2.18. The van der Waals surface area contributed by atoms with Crippen LogP contribution in [0.5, 0.6) is 11.5 Å². The lowest BCUT2D eigenvalue weighted by atomic mass is 10.1. The maximum atomic E-state index is 12.7. The molecule has 0 aliphatic carbocycles. The summed E-state index contributed by atoms with van der Waals surface area (Å²) in [5.74, 6) is 0.960. The van der Waals surface area contributed by atoms with Crippen LogP contribution in [0.3, 0.4) is 0 Å². The fourth-order valence-electron chi connectivity index (χ4n) is 3.38. The summed E-state index contributed by atoms with van der Waals surface area (Å²) < 4.78 is 10.9. The van der Waals surface area contributed by atoms with Gasteiger partial charge in [-0.25, -0.2) is 0 Å². The molecule has 1 atom stereocenters. The van der Waals surface area contributed by atoms with Crippen LogP contribution in [-0.4, -0.2) is 43.0 Å². The van der Waals surface area contributed by atoms with Crippen LogP contribution in [0.2, 0.25) is 0 Å². The van der Waals surface area contributed by atoms with E-state index in [1.54, 1.807) is 12.0 Å². The fraction of sp³-hybridized carbons (Fsp3) is 0.391. The largest absolute Gasteiger partial charge is 0.497 e. The fourth-order valence-corrected chi connectivity index (χ4v) is 3.38. The Labute approximate surface area is 171 Å². The lowest BCUT2D eigenvalue weighted by molar-refractivity contribution is -0.128. The molecule has 1 fully saturated rings. The van der Waals surface area contributed by atoms with E-state index < -0.39 is 0 Å². The summed E-state index contributed by atoms with van der Waals surface area (Å²) in [6.07, 6.45) is 0.992. The van der Waals surface area contributed by atoms with Crippen LogP contribution in [0, 0.1) is 5.92 Å². The second kappa shape index (κ2) is 9.45. The first-order valence-electron chi connectivity index (χ1n) is 9.93. The van der Waals surface area contributed by atoms with Crippen molar-refractivity contribution >= 4 is 17.5 Å². The van der Waals surface area contributed by atoms with Gasteiger partial charge in [-0.1, -0.05) is 24.3 Å². The molecule has 1 aliphatic rings. The van der Waals surface area contributed by atoms with E-state index in [0.29, 0.717) is 24.5 Å². The van der Waals surface area contributed by atoms with Gasteiger partial charge in [0, 0.05) is 19.5 Å². The molecule has 2 aromatic carbocycles. The van der Waals surface area contributed by atoms with Crippen LogP contribution >= 0.6 is 0 Å². The number of nitrogens with one attached hydrogen (secondary N) is 1. The van der Waals surface area contributed by atoms with Gasteiger partial charge in [0.15, 0.2) is 0 Å². The molecule has 1 heterocycles. The first kappa shape index (κ1) is 20.7. The molecule has 6 nitrogen and oxygen atoms in total. The molecular weight excluding hydrogens is 368 g/mol. The van der Waals surface area contributed by atoms with Crippen LogP contribution in [-0.2, 0) is 16.0 Å². The van der Waals surface area contributed by atoms with Crippen molar-refractivity contribution in [3.05, 3.63) is 54.1 Å². The SMILES string of the molecule is COc1ccc(CCN2CC(C(=O)Nc3ccccc3OC(C)C)CC2=O)cc1. The van der Waals surface area contributed by atoms with Crippen molar-refractivity contribution in [2.75, 3.05) is 25.5 Å². The van der Waals surface area contributed by atoms with E-state index >= 15 is 0 Å². The van der Waals surface area contributed by atoms with Crippen molar-refractivity contribution in [3.8, 4) is 11.5 Å². The van der Waals surface area contributed by atoms with Crippen molar-refractivity contribution in [3.63, 3.8) is 0 Å². The second-order valence-corrected chi connectivity index (χ2v) is 7.49. The molecular formula is C23H28N2O4. The molecule has 2 aromatic rings. The Hall–Kier alpha value is -3.02. The van der Waals surface area contributed by atoms with Crippen LogP contribution in [0.4, 0.5) is 5.69 Å². The third-order valence-corrected chi connectivity index (χ3v) is 4.92. The molecule has 0 radical (unpaired) electrons. The maximum absolute atomic E-state index is 12.7. The molecule has 3 rings (SSSR count). The summed E-state index contributed by atoms with van der Waals surface area (Å²) in [6, 6.07) is 15.2. The van der Waals surface area contributed by atoms with Gasteiger partial charge >= 0.3 is 0 Å². The Balaban J connectivity index is 1.56. The zero-order valence-electron chi connectivity index (χ0n) is 17.2. The number of carbonyl (C=O) groups is 2. The third-order valence-electron chi connectivity index (χ3n) is 4.92. The molecule has 1 N–H and O–H groups in total. The quantitative estimate of drug-likeness (QED) is 0.741. The molecule has 6 heteroatoms. The van der Waals surface area contributed by atoms with Crippen molar-refractivity contribution in [2.24, 2.45) is 5.92 Å². The highest BCUT2D eigenvalue weighted by Gasteiger charge is 2.34. The number of para-hydroxylation sites is 2. The predicted octanol–water partition coefficient (Wildman–Crippen LogP) is 3.51. The van der Waals surface area contributed by atoms with E-state index in [-0.39, 0.29) is 30.3 Å². The molecule has 154 valence electrons. The number of rotatable bonds is 8. The molecule has 0 spiro atoms. The Morgan fingerprint density at radius 3 is 2.59 bits per heavy atom. The lowest BCUT2D eigenvalue weighted by Crippen LogP contribution is -2.30. The summed E-state index contributed by atoms with van der Waals surface area (Å²) in [5.41, 5.74) is 1.77. The Morgan fingerprint density at radius 1 is 1.17 bits per heavy atom. The molecule has 0 aromatic heterocycles. The van der Waals surface area contributed by atoms with E-state index in [2.05, 4.69) is 5.32 Å². The van der Waals surface area contributed by atoms with Crippen molar-refractivity contribution < 1.29 is 19.1 Å². The molecule has 0 saturated carbocycles. The van der Waals surface area contributed by atoms with E-state index in [9.17, 15) is 9.59 Å². The van der Waals surface area contributed by atoms with Gasteiger partial charge in [0.2, 0.25) is 11.8 Å². The van der Waals surface area contributed by atoms with Crippen molar-refractivity contribution in [2.45, 2.75) is 32.8 Å². The normalized spacial score (nSPS) is 16.2. The van der Waals surface area contributed by atoms with Gasteiger partial charge in [0.25, 0.3) is 0 Å². The number of likely N-dealkylation sites (tertiary alicyclic amines) is 1. The monoisotopic (exact) mass is 396 g/mol. The number of nitrogens with zero attached hydrogens (tertiary/aromatic N) is 1. The zero-order chi connectivity index (χ0) is 20.8. The Bertz CT molecular complexity index is 848. The Kier molecular flexibility index (Phi) is 6.75. The number of benzene rings is 2. The number of hydrogen-bond acceptors (Lipinski definition) is 4. The van der Waals surface area contributed by atoms with Gasteiger partial charge < -0.3 is 19.7 Å². The van der Waals surface area contributed by atoms with Crippen LogP contribution in [0.25, 0.3) is 0 Å². The van der Waals surface area contributed by atoms with E-state index in [1.807, 2.05) is 62.4 Å². The number of amides is 2. The number of ether oxygens (including phenoxy) is 2. The highest BCUT2D eigenvalue weighted by molar-refractivity contribution is 5.98. The highest BCUT2D eigenvalue weighted by atomic mass is 16.5. The van der Waals surface area contributed by atoms with Crippen LogP contribution in [0.15, 0.2) is 48.5 Å². The van der Waals surface area contributed by atoms with Gasteiger partial charge in [0.1, 0.15) is 11.5 Å². The van der Waals surface area contributed by atoms with Gasteiger partial charge in [-0.05, 0) is 50.1 Å². The minimum atomic E-state index is -0.356. The molecule has 29 heavy (non-hydrogen) atoms. The number of methoxy groups -OCH3 is 1. The van der Waals surface area contributed by atoms with Gasteiger partial charge in [-0.2, -0.15) is 0 Å². The highest BCUT2D eigenvalue weighted by Crippen LogP contribution is 2.27. The van der Waals surface area contributed by atoms with Gasteiger partial charge in [-0.3, -0.25) is 9.59 Å². The summed E-state index contributed by atoms with van der Waals surface area (Å²) in [7, 11) is 1.64. The number of carbonyl (C=O) groups excluding carboxylic acids is 2. The van der Waals surface area contributed by atoms with Crippen LogP contribution < -0.4 is 14.8 Å². The van der Waals surface area contributed by atoms with Crippen molar-refractivity contribution in [1.29, 1.82) is 0 Å². The number of anilines is 1. The maximum Gasteiger partial charge on any atom is 0.229 e. The average Bonchev–Trinajstić information content (AvgIpc) is 3.08. The first-order valence-corrected chi connectivity index (χ1v) is 9.93. The number of hydrogen-bond donors (Lipinski definition) is 1. The molecule has 1 saturated heterocycles. The first-order chi connectivity index (χ1) is 14.0.